The first-order chi connectivity index (χ1) is 6.08. The van der Waals surface area contributed by atoms with Crippen LogP contribution < -0.4 is 5.73 Å². The predicted molar refractivity (Wildman–Crippen MR) is 42.2 cm³/mol. The van der Waals surface area contributed by atoms with E-state index in [9.17, 15) is 8.42 Å². The van der Waals surface area contributed by atoms with Gasteiger partial charge >= 0.3 is 10.4 Å². The Morgan fingerprint density at radius 2 is 2.23 bits per heavy atom. The third-order valence-corrected chi connectivity index (χ3v) is 2.63. The number of guanidine groups is 1. The molecule has 0 aromatic carbocycles. The van der Waals surface area contributed by atoms with Crippen LogP contribution in [0, 0.1) is 0 Å². The van der Waals surface area contributed by atoms with Crippen LogP contribution in [0.4, 0.5) is 0 Å². The van der Waals surface area contributed by atoms with Crippen LogP contribution in [0.3, 0.4) is 0 Å². The maximum Gasteiger partial charge on any atom is 0.491 e. The molecule has 74 valence electrons. The van der Waals surface area contributed by atoms with Crippen molar-refractivity contribution < 1.29 is 17.0 Å². The molecule has 0 unspecified atom stereocenters. The quantitative estimate of drug-likeness (QED) is 0.609. The van der Waals surface area contributed by atoms with E-state index < -0.39 is 10.4 Å². The molecule has 0 spiro atoms. The fraction of sp³-hybridized carbons (Fsp3) is 0.800. The molecule has 13 heavy (non-hydrogen) atoms. The second kappa shape index (κ2) is 2.74. The summed E-state index contributed by atoms with van der Waals surface area (Å²) in [6.45, 7) is 0. The molecular formula is C5H9N3O4S. The number of hydrogen-bond donors (Lipinski definition) is 1. The van der Waals surface area contributed by atoms with Crippen molar-refractivity contribution in [2.75, 3.05) is 0 Å². The van der Waals surface area contributed by atoms with Gasteiger partial charge in [-0.2, -0.15) is 13.5 Å². The van der Waals surface area contributed by atoms with E-state index in [1.807, 2.05) is 0 Å². The molecule has 8 heteroatoms. The van der Waals surface area contributed by atoms with Crippen molar-refractivity contribution in [2.45, 2.75) is 25.3 Å². The molecule has 2 rings (SSSR count). The van der Waals surface area contributed by atoms with E-state index in [-0.39, 0.29) is 12.0 Å². The lowest BCUT2D eigenvalue weighted by Crippen LogP contribution is -2.50. The molecular weight excluding hydrogens is 198 g/mol. The van der Waals surface area contributed by atoms with Gasteiger partial charge in [0.1, 0.15) is 0 Å². The Bertz CT molecular complexity index is 334. The third kappa shape index (κ3) is 1.54. The average Bonchev–Trinajstić information content (AvgIpc) is 1.93. The monoisotopic (exact) mass is 207 g/mol. The molecule has 2 aliphatic rings. The van der Waals surface area contributed by atoms with Crippen molar-refractivity contribution in [2.24, 2.45) is 10.9 Å². The number of nitrogens with zero attached hydrogens (tertiary/aromatic N) is 2. The first kappa shape index (κ1) is 8.57. The van der Waals surface area contributed by atoms with E-state index in [1.54, 1.807) is 0 Å². The summed E-state index contributed by atoms with van der Waals surface area (Å²) in [7, 11) is -4.03. The predicted octanol–water partition coefficient (Wildman–Crippen LogP) is -0.723. The summed E-state index contributed by atoms with van der Waals surface area (Å²) in [6.07, 6.45) is 2.75. The van der Waals surface area contributed by atoms with Crippen LogP contribution in [0.2, 0.25) is 0 Å². The van der Waals surface area contributed by atoms with E-state index in [0.717, 1.165) is 24.3 Å². The van der Waals surface area contributed by atoms with Crippen molar-refractivity contribution in [3.63, 3.8) is 0 Å². The Morgan fingerprint density at radius 3 is 2.77 bits per heavy atom. The van der Waals surface area contributed by atoms with Gasteiger partial charge in [0.2, 0.25) is 0 Å². The molecule has 0 aromatic heterocycles. The SMILES string of the molecule is NC1=NOS(=O)(=O)ON1C1CCC1. The summed E-state index contributed by atoms with van der Waals surface area (Å²) in [5.41, 5.74) is 5.37. The van der Waals surface area contributed by atoms with Gasteiger partial charge in [0.05, 0.1) is 6.04 Å². The Labute approximate surface area is 75.4 Å². The molecule has 1 aliphatic carbocycles. The maximum atomic E-state index is 10.8. The molecule has 0 saturated heterocycles. The summed E-state index contributed by atoms with van der Waals surface area (Å²) in [6, 6.07) is 0.00225. The molecule has 0 atom stereocenters. The van der Waals surface area contributed by atoms with Gasteiger partial charge in [0.25, 0.3) is 5.96 Å². The van der Waals surface area contributed by atoms with Gasteiger partial charge in [-0.1, -0.05) is 0 Å². The van der Waals surface area contributed by atoms with E-state index in [0.29, 0.717) is 0 Å². The van der Waals surface area contributed by atoms with Crippen LogP contribution in [0.1, 0.15) is 19.3 Å². The molecule has 0 radical (unpaired) electrons. The van der Waals surface area contributed by atoms with E-state index in [1.165, 1.54) is 0 Å². The molecule has 1 heterocycles. The first-order valence-corrected chi connectivity index (χ1v) is 5.18. The van der Waals surface area contributed by atoms with Crippen LogP contribution in [0.25, 0.3) is 0 Å². The van der Waals surface area contributed by atoms with Crippen LogP contribution in [0.15, 0.2) is 5.16 Å². The molecule has 2 N–H and O–H groups in total. The molecule has 0 aromatic rings. The Morgan fingerprint density at radius 1 is 1.54 bits per heavy atom. The number of nitrogens with two attached hydrogens (primary N) is 1. The number of hydrogen-bond acceptors (Lipinski definition) is 7. The summed E-state index contributed by atoms with van der Waals surface area (Å²) in [4.78, 5) is 0. The topological polar surface area (TPSA) is 94.2 Å². The van der Waals surface area contributed by atoms with E-state index in [4.69, 9.17) is 5.73 Å². The molecule has 7 nitrogen and oxygen atoms in total. The summed E-state index contributed by atoms with van der Waals surface area (Å²) in [5, 5.41) is 4.26. The van der Waals surface area contributed by atoms with Crippen molar-refractivity contribution in [1.82, 2.24) is 5.06 Å². The van der Waals surface area contributed by atoms with Crippen molar-refractivity contribution >= 4 is 16.4 Å². The van der Waals surface area contributed by atoms with Gasteiger partial charge in [-0.05, 0) is 24.4 Å². The normalized spacial score (nSPS) is 27.4. The highest BCUT2D eigenvalue weighted by Crippen LogP contribution is 2.27. The lowest BCUT2D eigenvalue weighted by molar-refractivity contribution is -0.0704. The van der Waals surface area contributed by atoms with Crippen molar-refractivity contribution in [1.29, 1.82) is 0 Å². The average molecular weight is 207 g/mol. The van der Waals surface area contributed by atoms with E-state index in [2.05, 4.69) is 13.7 Å². The standard InChI is InChI=1S/C5H9N3O4S/c6-5-7-11-13(9,10)12-8(5)4-2-1-3-4/h4H,1-3H2,(H2,6,7). The van der Waals surface area contributed by atoms with Gasteiger partial charge in [-0.3, -0.25) is 0 Å². The van der Waals surface area contributed by atoms with Gasteiger partial charge in [0, 0.05) is 0 Å². The smallest absolute Gasteiger partial charge is 0.365 e. The summed E-state index contributed by atoms with van der Waals surface area (Å²) in [5.74, 6) is -0.0560. The molecule has 0 amide bonds. The van der Waals surface area contributed by atoms with Gasteiger partial charge < -0.3 is 5.73 Å². The maximum absolute atomic E-state index is 10.8. The van der Waals surface area contributed by atoms with E-state index >= 15 is 0 Å². The minimum Gasteiger partial charge on any atom is -0.365 e. The largest absolute Gasteiger partial charge is 0.491 e. The second-order valence-corrected chi connectivity index (χ2v) is 4.03. The zero-order valence-corrected chi connectivity index (χ0v) is 7.53. The highest BCUT2D eigenvalue weighted by Gasteiger charge is 2.35. The third-order valence-electron chi connectivity index (χ3n) is 2.03. The zero-order valence-electron chi connectivity index (χ0n) is 6.71. The number of hydroxylamine groups is 2. The lowest BCUT2D eigenvalue weighted by Gasteiger charge is -2.36. The molecule has 1 aliphatic heterocycles. The highest BCUT2D eigenvalue weighted by molar-refractivity contribution is 7.81. The highest BCUT2D eigenvalue weighted by atomic mass is 32.3. The second-order valence-electron chi connectivity index (χ2n) is 2.92. The van der Waals surface area contributed by atoms with Gasteiger partial charge in [-0.25, -0.2) is 4.28 Å². The minimum absolute atomic E-state index is 0.00225. The lowest BCUT2D eigenvalue weighted by atomic mass is 9.93. The Hall–Kier alpha value is -1.02. The zero-order chi connectivity index (χ0) is 9.47. The molecule has 1 saturated carbocycles. The Kier molecular flexibility index (Phi) is 1.81. The molecule has 0 bridgehead atoms. The summed E-state index contributed by atoms with van der Waals surface area (Å²) >= 11 is 0. The fourth-order valence-electron chi connectivity index (χ4n) is 1.14. The van der Waals surface area contributed by atoms with Crippen LogP contribution in [-0.4, -0.2) is 25.5 Å². The minimum atomic E-state index is -4.03. The van der Waals surface area contributed by atoms with Gasteiger partial charge in [0.15, 0.2) is 0 Å². The summed E-state index contributed by atoms with van der Waals surface area (Å²) < 4.78 is 30.1. The van der Waals surface area contributed by atoms with Crippen molar-refractivity contribution in [3.05, 3.63) is 0 Å². The van der Waals surface area contributed by atoms with Crippen molar-refractivity contribution in [3.8, 4) is 0 Å². The van der Waals surface area contributed by atoms with Crippen LogP contribution >= 0.6 is 0 Å². The molecule has 1 fully saturated rings. The number of oxime groups is 1. The fourth-order valence-corrected chi connectivity index (χ4v) is 1.73. The first-order valence-electron chi connectivity index (χ1n) is 3.84. The Balaban J connectivity index is 2.17. The van der Waals surface area contributed by atoms with Gasteiger partial charge in [-0.15, -0.1) is 4.28 Å². The van der Waals surface area contributed by atoms with Crippen LogP contribution in [0.5, 0.6) is 0 Å². The number of rotatable bonds is 1. The van der Waals surface area contributed by atoms with Crippen LogP contribution in [-0.2, 0) is 19.0 Å².